The lowest BCUT2D eigenvalue weighted by molar-refractivity contribution is 0.252. The molecule has 1 heterocycles. The van der Waals surface area contributed by atoms with Crippen LogP contribution in [0.3, 0.4) is 0 Å². The minimum Gasteiger partial charge on any atom is -0.363 e. The third-order valence-corrected chi connectivity index (χ3v) is 3.62. The maximum Gasteiger partial charge on any atom is 0.102 e. The fourth-order valence-corrected chi connectivity index (χ4v) is 2.90. The monoisotopic (exact) mass is 210 g/mol. The molecule has 88 valence electrons. The van der Waals surface area contributed by atoms with E-state index in [1.54, 1.807) is 0 Å². The van der Waals surface area contributed by atoms with E-state index in [2.05, 4.69) is 30.8 Å². The van der Waals surface area contributed by atoms with Gasteiger partial charge in [-0.1, -0.05) is 26.7 Å². The third-order valence-electron chi connectivity index (χ3n) is 3.62. The molecule has 0 spiro atoms. The fourth-order valence-electron chi connectivity index (χ4n) is 2.90. The SMILES string of the molecule is CCCC1CCN(C)C(=NC)C1CCC. The molecule has 0 aromatic carbocycles. The van der Waals surface area contributed by atoms with Crippen molar-refractivity contribution in [2.45, 2.75) is 46.0 Å². The summed E-state index contributed by atoms with van der Waals surface area (Å²) in [7, 11) is 4.13. The van der Waals surface area contributed by atoms with Crippen molar-refractivity contribution >= 4 is 5.84 Å². The van der Waals surface area contributed by atoms with Crippen molar-refractivity contribution in [3.8, 4) is 0 Å². The Kier molecular flexibility index (Phi) is 5.13. The topological polar surface area (TPSA) is 15.6 Å². The van der Waals surface area contributed by atoms with Crippen molar-refractivity contribution < 1.29 is 0 Å². The molecule has 0 aromatic rings. The summed E-state index contributed by atoms with van der Waals surface area (Å²) in [4.78, 5) is 6.86. The van der Waals surface area contributed by atoms with Crippen LogP contribution >= 0.6 is 0 Å². The molecule has 0 saturated carbocycles. The number of nitrogens with zero attached hydrogens (tertiary/aromatic N) is 2. The van der Waals surface area contributed by atoms with Crippen molar-refractivity contribution in [3.05, 3.63) is 0 Å². The second-order valence-corrected chi connectivity index (χ2v) is 4.74. The van der Waals surface area contributed by atoms with E-state index in [0.717, 1.165) is 11.8 Å². The van der Waals surface area contributed by atoms with Gasteiger partial charge in [0.2, 0.25) is 0 Å². The van der Waals surface area contributed by atoms with E-state index in [0.29, 0.717) is 0 Å². The van der Waals surface area contributed by atoms with Gasteiger partial charge in [0.15, 0.2) is 0 Å². The van der Waals surface area contributed by atoms with Gasteiger partial charge < -0.3 is 4.90 Å². The zero-order chi connectivity index (χ0) is 11.3. The molecule has 2 atom stereocenters. The first-order valence-corrected chi connectivity index (χ1v) is 6.42. The minimum absolute atomic E-state index is 0.721. The Balaban J connectivity index is 2.73. The lowest BCUT2D eigenvalue weighted by Crippen LogP contribution is -2.43. The summed E-state index contributed by atoms with van der Waals surface area (Å²) in [5, 5.41) is 0. The molecular formula is C13H26N2. The van der Waals surface area contributed by atoms with Gasteiger partial charge in [-0.2, -0.15) is 0 Å². The lowest BCUT2D eigenvalue weighted by atomic mass is 9.79. The van der Waals surface area contributed by atoms with Crippen molar-refractivity contribution in [3.63, 3.8) is 0 Å². The maximum atomic E-state index is 4.50. The summed E-state index contributed by atoms with van der Waals surface area (Å²) in [6.45, 7) is 5.77. The quantitative estimate of drug-likeness (QED) is 0.696. The van der Waals surface area contributed by atoms with E-state index < -0.39 is 0 Å². The fraction of sp³-hybridized carbons (Fsp3) is 0.923. The highest BCUT2D eigenvalue weighted by molar-refractivity contribution is 5.85. The molecular weight excluding hydrogens is 184 g/mol. The Labute approximate surface area is 94.8 Å². The number of likely N-dealkylation sites (tertiary alicyclic amines) is 1. The maximum absolute atomic E-state index is 4.50. The molecule has 1 aliphatic heterocycles. The van der Waals surface area contributed by atoms with Crippen LogP contribution in [0.4, 0.5) is 0 Å². The molecule has 0 bridgehead atoms. The standard InChI is InChI=1S/C13H26N2/c1-5-7-11-9-10-15(4)13(14-3)12(11)8-6-2/h11-12H,5-10H2,1-4H3. The highest BCUT2D eigenvalue weighted by atomic mass is 15.2. The summed E-state index contributed by atoms with van der Waals surface area (Å²) in [6, 6.07) is 0. The Morgan fingerprint density at radius 1 is 1.27 bits per heavy atom. The molecule has 0 radical (unpaired) electrons. The van der Waals surface area contributed by atoms with Crippen LogP contribution in [-0.4, -0.2) is 31.4 Å². The second-order valence-electron chi connectivity index (χ2n) is 4.74. The van der Waals surface area contributed by atoms with Gasteiger partial charge in [0.05, 0.1) is 0 Å². The third kappa shape index (κ3) is 2.96. The van der Waals surface area contributed by atoms with E-state index in [1.807, 2.05) is 7.05 Å². The summed E-state index contributed by atoms with van der Waals surface area (Å²) in [5.74, 6) is 2.95. The molecule has 1 rings (SSSR count). The van der Waals surface area contributed by atoms with Crippen molar-refractivity contribution in [1.29, 1.82) is 0 Å². The number of piperidine rings is 1. The molecule has 1 fully saturated rings. The zero-order valence-corrected chi connectivity index (χ0v) is 10.8. The molecule has 15 heavy (non-hydrogen) atoms. The van der Waals surface area contributed by atoms with Crippen LogP contribution < -0.4 is 0 Å². The van der Waals surface area contributed by atoms with Gasteiger partial charge in [-0.25, -0.2) is 0 Å². The number of amidine groups is 1. The smallest absolute Gasteiger partial charge is 0.102 e. The Bertz CT molecular complexity index is 211. The van der Waals surface area contributed by atoms with Gasteiger partial charge in [0.25, 0.3) is 0 Å². The molecule has 0 N–H and O–H groups in total. The van der Waals surface area contributed by atoms with Crippen LogP contribution in [0.15, 0.2) is 4.99 Å². The summed E-state index contributed by atoms with van der Waals surface area (Å²) >= 11 is 0. The largest absolute Gasteiger partial charge is 0.363 e. The summed E-state index contributed by atoms with van der Waals surface area (Å²) in [6.07, 6.45) is 6.62. The first-order chi connectivity index (χ1) is 7.24. The van der Waals surface area contributed by atoms with E-state index in [-0.39, 0.29) is 0 Å². The number of hydrogen-bond donors (Lipinski definition) is 0. The lowest BCUT2D eigenvalue weighted by Gasteiger charge is -2.39. The van der Waals surface area contributed by atoms with Gasteiger partial charge in [0.1, 0.15) is 5.84 Å². The number of aliphatic imine (C=N–C) groups is 1. The van der Waals surface area contributed by atoms with E-state index >= 15 is 0 Å². The number of rotatable bonds is 4. The average molecular weight is 210 g/mol. The molecule has 1 saturated heterocycles. The van der Waals surface area contributed by atoms with Gasteiger partial charge in [-0.15, -0.1) is 0 Å². The Morgan fingerprint density at radius 2 is 1.93 bits per heavy atom. The van der Waals surface area contributed by atoms with Gasteiger partial charge in [-0.3, -0.25) is 4.99 Å². The van der Waals surface area contributed by atoms with E-state index in [9.17, 15) is 0 Å². The van der Waals surface area contributed by atoms with E-state index in [4.69, 9.17) is 0 Å². The molecule has 1 aliphatic rings. The molecule has 0 amide bonds. The number of hydrogen-bond acceptors (Lipinski definition) is 1. The van der Waals surface area contributed by atoms with E-state index in [1.165, 1.54) is 44.5 Å². The first kappa shape index (κ1) is 12.5. The average Bonchev–Trinajstić information content (AvgIpc) is 2.23. The van der Waals surface area contributed by atoms with Crippen molar-refractivity contribution in [1.82, 2.24) is 4.90 Å². The molecule has 2 nitrogen and oxygen atoms in total. The minimum atomic E-state index is 0.721. The van der Waals surface area contributed by atoms with Crippen LogP contribution in [0.1, 0.15) is 46.0 Å². The van der Waals surface area contributed by atoms with Crippen LogP contribution in [0, 0.1) is 11.8 Å². The highest BCUT2D eigenvalue weighted by Crippen LogP contribution is 2.31. The Hall–Kier alpha value is -0.530. The molecule has 2 unspecified atom stereocenters. The van der Waals surface area contributed by atoms with Crippen molar-refractivity contribution in [2.24, 2.45) is 16.8 Å². The van der Waals surface area contributed by atoms with Crippen molar-refractivity contribution in [2.75, 3.05) is 20.6 Å². The van der Waals surface area contributed by atoms with Crippen LogP contribution in [-0.2, 0) is 0 Å². The van der Waals surface area contributed by atoms with Crippen LogP contribution in [0.25, 0.3) is 0 Å². The van der Waals surface area contributed by atoms with Crippen LogP contribution in [0.5, 0.6) is 0 Å². The Morgan fingerprint density at radius 3 is 2.47 bits per heavy atom. The molecule has 2 heteroatoms. The molecule has 0 aromatic heterocycles. The summed E-state index contributed by atoms with van der Waals surface area (Å²) in [5.41, 5.74) is 0. The predicted octanol–water partition coefficient (Wildman–Crippen LogP) is 3.18. The highest BCUT2D eigenvalue weighted by Gasteiger charge is 2.31. The molecule has 0 aliphatic carbocycles. The predicted molar refractivity (Wildman–Crippen MR) is 67.4 cm³/mol. The zero-order valence-electron chi connectivity index (χ0n) is 10.8. The first-order valence-electron chi connectivity index (χ1n) is 6.42. The van der Waals surface area contributed by atoms with Gasteiger partial charge in [-0.05, 0) is 25.2 Å². The van der Waals surface area contributed by atoms with Crippen LogP contribution in [0.2, 0.25) is 0 Å². The van der Waals surface area contributed by atoms with Gasteiger partial charge in [0, 0.05) is 26.6 Å². The summed E-state index contributed by atoms with van der Waals surface area (Å²) < 4.78 is 0. The van der Waals surface area contributed by atoms with Gasteiger partial charge >= 0.3 is 0 Å². The normalized spacial score (nSPS) is 29.9. The second kappa shape index (κ2) is 6.14.